The fourth-order valence-electron chi connectivity index (χ4n) is 2.35. The van der Waals surface area contributed by atoms with Crippen LogP contribution in [0.5, 0.6) is 11.5 Å². The number of rotatable bonds is 7. The molecule has 0 atom stereocenters. The van der Waals surface area contributed by atoms with Crippen LogP contribution in [-0.4, -0.2) is 53.5 Å². The van der Waals surface area contributed by atoms with Crippen molar-refractivity contribution in [2.75, 3.05) is 39.8 Å². The van der Waals surface area contributed by atoms with E-state index in [1.807, 2.05) is 0 Å². The second kappa shape index (κ2) is 8.36. The van der Waals surface area contributed by atoms with Crippen molar-refractivity contribution in [2.45, 2.75) is 4.90 Å². The van der Waals surface area contributed by atoms with Gasteiger partial charge in [-0.2, -0.15) is 4.31 Å². The van der Waals surface area contributed by atoms with Crippen LogP contribution in [0.2, 0.25) is 0 Å². The molecule has 0 aliphatic carbocycles. The summed E-state index contributed by atoms with van der Waals surface area (Å²) in [4.78, 5) is 13.5. The number of hydrogen-bond acceptors (Lipinski definition) is 5. The van der Waals surface area contributed by atoms with Gasteiger partial charge in [0.05, 0.1) is 20.8 Å². The molecule has 9 heteroatoms. The molecular weight excluding hydrogens is 375 g/mol. The minimum Gasteiger partial charge on any atom is -0.497 e. The number of carbonyl (C=O) groups is 1. The van der Waals surface area contributed by atoms with Crippen molar-refractivity contribution in [3.05, 3.63) is 48.3 Å². The average Bonchev–Trinajstić information content (AvgIpc) is 2.67. The van der Waals surface area contributed by atoms with Gasteiger partial charge in [0.25, 0.3) is 0 Å². The van der Waals surface area contributed by atoms with Crippen LogP contribution in [0.3, 0.4) is 0 Å². The Kier molecular flexibility index (Phi) is 6.40. The lowest BCUT2D eigenvalue weighted by Crippen LogP contribution is -2.39. The second-order valence-electron chi connectivity index (χ2n) is 5.71. The molecule has 0 saturated carbocycles. The summed E-state index contributed by atoms with van der Waals surface area (Å²) in [6.45, 7) is -0.426. The first-order valence-corrected chi connectivity index (χ1v) is 9.35. The number of methoxy groups -OCH3 is 2. The molecule has 0 bridgehead atoms. The van der Waals surface area contributed by atoms with Crippen molar-refractivity contribution in [1.29, 1.82) is 0 Å². The minimum absolute atomic E-state index is 0.000733. The van der Waals surface area contributed by atoms with Gasteiger partial charge in [0, 0.05) is 19.8 Å². The van der Waals surface area contributed by atoms with E-state index in [0.29, 0.717) is 11.4 Å². The summed E-state index contributed by atoms with van der Waals surface area (Å²) >= 11 is 0. The van der Waals surface area contributed by atoms with Crippen molar-refractivity contribution in [1.82, 2.24) is 4.31 Å². The molecule has 0 unspecified atom stereocenters. The number of nitrogens with zero attached hydrogens (tertiary/aromatic N) is 2. The van der Waals surface area contributed by atoms with Crippen LogP contribution in [0.25, 0.3) is 0 Å². The molecule has 0 fully saturated rings. The van der Waals surface area contributed by atoms with E-state index in [4.69, 9.17) is 9.47 Å². The van der Waals surface area contributed by atoms with Crippen molar-refractivity contribution in [2.24, 2.45) is 0 Å². The standard InChI is InChI=1S/C18H21FN2O5S/c1-20(27(23,24)17-11-13(19)5-10-16(17)26-4)12-18(22)21(2)14-6-8-15(25-3)9-7-14/h5-11H,12H2,1-4H3. The number of amides is 1. The summed E-state index contributed by atoms with van der Waals surface area (Å²) in [5, 5.41) is 0. The zero-order chi connectivity index (χ0) is 20.2. The van der Waals surface area contributed by atoms with E-state index in [-0.39, 0.29) is 10.6 Å². The summed E-state index contributed by atoms with van der Waals surface area (Å²) in [6, 6.07) is 9.93. The first kappa shape index (κ1) is 20.7. The monoisotopic (exact) mass is 396 g/mol. The summed E-state index contributed by atoms with van der Waals surface area (Å²) in [5.41, 5.74) is 0.579. The lowest BCUT2D eigenvalue weighted by Gasteiger charge is -2.22. The number of hydrogen-bond donors (Lipinski definition) is 0. The molecule has 0 N–H and O–H groups in total. The molecule has 0 radical (unpaired) electrons. The third kappa shape index (κ3) is 4.55. The largest absolute Gasteiger partial charge is 0.497 e. The summed E-state index contributed by atoms with van der Waals surface area (Å²) < 4.78 is 49.9. The molecule has 2 aromatic rings. The highest BCUT2D eigenvalue weighted by atomic mass is 32.2. The molecule has 7 nitrogen and oxygen atoms in total. The molecule has 0 aromatic heterocycles. The Morgan fingerprint density at radius 2 is 1.67 bits per heavy atom. The number of halogens is 1. The Hall–Kier alpha value is -2.65. The van der Waals surface area contributed by atoms with Gasteiger partial charge in [0.1, 0.15) is 22.2 Å². The first-order valence-electron chi connectivity index (χ1n) is 7.91. The summed E-state index contributed by atoms with van der Waals surface area (Å²) in [5.74, 6) is -0.539. The molecule has 27 heavy (non-hydrogen) atoms. The maximum Gasteiger partial charge on any atom is 0.247 e. The van der Waals surface area contributed by atoms with E-state index in [0.717, 1.165) is 16.4 Å². The lowest BCUT2D eigenvalue weighted by molar-refractivity contribution is -0.118. The Morgan fingerprint density at radius 3 is 2.22 bits per heavy atom. The Labute approximate surface area is 158 Å². The summed E-state index contributed by atoms with van der Waals surface area (Å²) in [6.07, 6.45) is 0. The van der Waals surface area contributed by atoms with Crippen LogP contribution in [0, 0.1) is 5.82 Å². The normalized spacial score (nSPS) is 11.3. The molecule has 0 spiro atoms. The number of benzene rings is 2. The van der Waals surface area contributed by atoms with E-state index in [1.54, 1.807) is 24.3 Å². The Balaban J connectivity index is 2.20. The van der Waals surface area contributed by atoms with Crippen LogP contribution >= 0.6 is 0 Å². The zero-order valence-electron chi connectivity index (χ0n) is 15.5. The van der Waals surface area contributed by atoms with Gasteiger partial charge in [-0.25, -0.2) is 12.8 Å². The SMILES string of the molecule is COc1ccc(N(C)C(=O)CN(C)S(=O)(=O)c2cc(F)ccc2OC)cc1. The Bertz CT molecular complexity index is 916. The number of anilines is 1. The molecule has 146 valence electrons. The highest BCUT2D eigenvalue weighted by molar-refractivity contribution is 7.89. The molecule has 0 aliphatic heterocycles. The first-order chi connectivity index (χ1) is 12.7. The summed E-state index contributed by atoms with van der Waals surface area (Å²) in [7, 11) is 1.48. The number of ether oxygens (including phenoxy) is 2. The van der Waals surface area contributed by atoms with Gasteiger partial charge < -0.3 is 14.4 Å². The topological polar surface area (TPSA) is 76.2 Å². The molecule has 0 saturated heterocycles. The maximum atomic E-state index is 13.5. The van der Waals surface area contributed by atoms with Crippen molar-refractivity contribution in [3.8, 4) is 11.5 Å². The molecule has 2 rings (SSSR count). The van der Waals surface area contributed by atoms with Crippen LogP contribution < -0.4 is 14.4 Å². The predicted octanol–water partition coefficient (Wildman–Crippen LogP) is 2.13. The fraction of sp³-hybridized carbons (Fsp3) is 0.278. The molecule has 2 aromatic carbocycles. The van der Waals surface area contributed by atoms with E-state index < -0.39 is 28.3 Å². The van der Waals surface area contributed by atoms with E-state index in [1.165, 1.54) is 39.3 Å². The third-order valence-corrected chi connectivity index (χ3v) is 5.83. The second-order valence-corrected chi connectivity index (χ2v) is 7.72. The van der Waals surface area contributed by atoms with Gasteiger partial charge in [-0.1, -0.05) is 0 Å². The van der Waals surface area contributed by atoms with Gasteiger partial charge in [-0.05, 0) is 42.5 Å². The highest BCUT2D eigenvalue weighted by Gasteiger charge is 2.28. The van der Waals surface area contributed by atoms with E-state index in [9.17, 15) is 17.6 Å². The average molecular weight is 396 g/mol. The predicted molar refractivity (Wildman–Crippen MR) is 99.2 cm³/mol. The minimum atomic E-state index is -4.12. The molecule has 0 heterocycles. The van der Waals surface area contributed by atoms with Gasteiger partial charge in [0.2, 0.25) is 15.9 Å². The fourth-order valence-corrected chi connectivity index (χ4v) is 3.63. The lowest BCUT2D eigenvalue weighted by atomic mass is 10.3. The van der Waals surface area contributed by atoms with Gasteiger partial charge in [-0.15, -0.1) is 0 Å². The van der Waals surface area contributed by atoms with Crippen LogP contribution in [0.15, 0.2) is 47.4 Å². The van der Waals surface area contributed by atoms with Crippen LogP contribution in [0.4, 0.5) is 10.1 Å². The van der Waals surface area contributed by atoms with Crippen molar-refractivity contribution >= 4 is 21.6 Å². The van der Waals surface area contributed by atoms with Crippen LogP contribution in [-0.2, 0) is 14.8 Å². The number of likely N-dealkylation sites (N-methyl/N-ethyl adjacent to an activating group) is 2. The smallest absolute Gasteiger partial charge is 0.247 e. The van der Waals surface area contributed by atoms with E-state index in [2.05, 4.69) is 0 Å². The van der Waals surface area contributed by atoms with Crippen molar-refractivity contribution in [3.63, 3.8) is 0 Å². The van der Waals surface area contributed by atoms with Gasteiger partial charge >= 0.3 is 0 Å². The van der Waals surface area contributed by atoms with E-state index >= 15 is 0 Å². The quantitative estimate of drug-likeness (QED) is 0.717. The maximum absolute atomic E-state index is 13.5. The Morgan fingerprint density at radius 1 is 1.04 bits per heavy atom. The molecule has 1 amide bonds. The molecular formula is C18H21FN2O5S. The highest BCUT2D eigenvalue weighted by Crippen LogP contribution is 2.27. The number of carbonyl (C=O) groups excluding carboxylic acids is 1. The zero-order valence-corrected chi connectivity index (χ0v) is 16.3. The van der Waals surface area contributed by atoms with Crippen LogP contribution in [0.1, 0.15) is 0 Å². The third-order valence-electron chi connectivity index (χ3n) is 4.01. The van der Waals surface area contributed by atoms with Gasteiger partial charge in [0.15, 0.2) is 0 Å². The van der Waals surface area contributed by atoms with Gasteiger partial charge in [-0.3, -0.25) is 4.79 Å². The van der Waals surface area contributed by atoms with Crippen molar-refractivity contribution < 1.29 is 27.1 Å². The number of sulfonamides is 1. The molecule has 0 aliphatic rings.